The first-order valence-corrected chi connectivity index (χ1v) is 18.0. The molecule has 0 saturated carbocycles. The number of nitrogens with one attached hydrogen (secondary N) is 1. The number of likely N-dealkylation sites (tertiary alicyclic amines) is 1. The Morgan fingerprint density at radius 3 is 2.57 bits per heavy atom. The zero-order chi connectivity index (χ0) is 35.1. The van der Waals surface area contributed by atoms with Gasteiger partial charge in [-0.2, -0.15) is 5.10 Å². The predicted molar refractivity (Wildman–Crippen MR) is 197 cm³/mol. The van der Waals surface area contributed by atoms with Crippen molar-refractivity contribution < 1.29 is 13.5 Å². The highest BCUT2D eigenvalue weighted by Gasteiger charge is 2.28. The third-order valence-corrected chi connectivity index (χ3v) is 10.8. The lowest BCUT2D eigenvalue weighted by Gasteiger charge is -2.36. The van der Waals surface area contributed by atoms with E-state index in [9.17, 15) is 13.6 Å². The summed E-state index contributed by atoms with van der Waals surface area (Å²) < 4.78 is 38.1. The molecule has 3 aliphatic rings. The minimum atomic E-state index is -2.62. The number of alkyl halides is 2. The Balaban J connectivity index is 1.11. The number of anilines is 2. The normalized spacial score (nSPS) is 17.7. The first-order valence-electron chi connectivity index (χ1n) is 18.0. The molecule has 0 radical (unpaired) electrons. The van der Waals surface area contributed by atoms with Gasteiger partial charge in [0.15, 0.2) is 0 Å². The fourth-order valence-corrected chi connectivity index (χ4v) is 8.24. The number of hydrogen-bond acceptors (Lipinski definition) is 6. The van der Waals surface area contributed by atoms with Crippen molar-refractivity contribution in [3.8, 4) is 28.0 Å². The zero-order valence-corrected chi connectivity index (χ0v) is 29.2. The summed E-state index contributed by atoms with van der Waals surface area (Å²) in [4.78, 5) is 18.4. The zero-order valence-electron chi connectivity index (χ0n) is 29.2. The van der Waals surface area contributed by atoms with Gasteiger partial charge in [0.1, 0.15) is 5.75 Å². The van der Waals surface area contributed by atoms with E-state index in [4.69, 9.17) is 4.74 Å². The molecular formula is C41H44F2N6O2. The topological polar surface area (TPSA) is 67.6 Å². The van der Waals surface area contributed by atoms with E-state index in [0.29, 0.717) is 17.7 Å². The summed E-state index contributed by atoms with van der Waals surface area (Å²) in [5, 5.41) is 7.77. The molecule has 1 atom stereocenters. The van der Waals surface area contributed by atoms with E-state index < -0.39 is 6.43 Å². The van der Waals surface area contributed by atoms with Gasteiger partial charge < -0.3 is 19.5 Å². The van der Waals surface area contributed by atoms with Gasteiger partial charge in [-0.3, -0.25) is 14.4 Å². The summed E-state index contributed by atoms with van der Waals surface area (Å²) in [6, 6.07) is 20.2. The van der Waals surface area contributed by atoms with Crippen LogP contribution in [0.2, 0.25) is 0 Å². The van der Waals surface area contributed by atoms with Crippen LogP contribution in [0.4, 0.5) is 20.2 Å². The molecule has 8 rings (SSSR count). The first kappa shape index (κ1) is 33.3. The first-order chi connectivity index (χ1) is 24.8. The molecule has 3 aromatic carbocycles. The SMILES string of the molecule is COc1ccc(CN2CCCC(n3ccc(-c4cc5c(c(N6CCCc7cc(-c8cnn(C)c8)c(C(F)F)cc76)c4)CNCC5)cc3=O)C2)cc1. The Hall–Kier alpha value is -4.80. The summed E-state index contributed by atoms with van der Waals surface area (Å²) in [6.07, 6.45) is 7.37. The molecule has 10 heteroatoms. The maximum Gasteiger partial charge on any atom is 0.264 e. The summed E-state index contributed by atoms with van der Waals surface area (Å²) >= 11 is 0. The van der Waals surface area contributed by atoms with Gasteiger partial charge in [0.25, 0.3) is 12.0 Å². The third kappa shape index (κ3) is 6.70. The number of piperidine rings is 1. The van der Waals surface area contributed by atoms with Crippen LogP contribution in [0.25, 0.3) is 22.3 Å². The molecule has 8 nitrogen and oxygen atoms in total. The smallest absolute Gasteiger partial charge is 0.264 e. The third-order valence-electron chi connectivity index (χ3n) is 10.8. The van der Waals surface area contributed by atoms with Crippen LogP contribution in [-0.2, 0) is 33.0 Å². The summed E-state index contributed by atoms with van der Waals surface area (Å²) in [5.74, 6) is 0.849. The molecule has 0 aliphatic carbocycles. The fraction of sp³-hybridized carbons (Fsp3) is 0.366. The number of halogens is 2. The maximum atomic E-state index is 14.6. The van der Waals surface area contributed by atoms with Crippen LogP contribution in [0, 0.1) is 0 Å². The average molecular weight is 691 g/mol. The second-order valence-electron chi connectivity index (χ2n) is 14.1. The monoisotopic (exact) mass is 690 g/mol. The van der Waals surface area contributed by atoms with Crippen LogP contribution in [0.15, 0.2) is 84.0 Å². The van der Waals surface area contributed by atoms with E-state index in [1.807, 2.05) is 29.0 Å². The van der Waals surface area contributed by atoms with Crippen molar-refractivity contribution in [3.63, 3.8) is 0 Å². The minimum absolute atomic E-state index is 0.00226. The number of aryl methyl sites for hydroxylation is 2. The Bertz CT molecular complexity index is 2110. The lowest BCUT2D eigenvalue weighted by Crippen LogP contribution is -2.39. The van der Waals surface area contributed by atoms with Crippen LogP contribution in [0.3, 0.4) is 0 Å². The van der Waals surface area contributed by atoms with E-state index >= 15 is 0 Å². The van der Waals surface area contributed by atoms with Crippen LogP contribution in [-0.4, -0.2) is 52.5 Å². The number of methoxy groups -OCH3 is 1. The van der Waals surface area contributed by atoms with Gasteiger partial charge in [0, 0.05) is 80.2 Å². The Morgan fingerprint density at radius 1 is 0.941 bits per heavy atom. The van der Waals surface area contributed by atoms with Crippen LogP contribution >= 0.6 is 0 Å². The quantitative estimate of drug-likeness (QED) is 0.183. The highest BCUT2D eigenvalue weighted by molar-refractivity contribution is 5.81. The number of aromatic nitrogens is 3. The number of benzene rings is 3. The number of hydrogen-bond donors (Lipinski definition) is 1. The molecule has 1 saturated heterocycles. The maximum absolute atomic E-state index is 14.6. The number of fused-ring (bicyclic) bond motifs is 2. The van der Waals surface area contributed by atoms with Crippen molar-refractivity contribution in [1.29, 1.82) is 0 Å². The van der Waals surface area contributed by atoms with Crippen molar-refractivity contribution in [2.45, 2.75) is 57.7 Å². The summed E-state index contributed by atoms with van der Waals surface area (Å²) in [5.41, 5.74) is 9.69. The molecule has 0 amide bonds. The van der Waals surface area contributed by atoms with Gasteiger partial charge >= 0.3 is 0 Å². The van der Waals surface area contributed by atoms with Gasteiger partial charge in [-0.15, -0.1) is 0 Å². The van der Waals surface area contributed by atoms with Gasteiger partial charge in [-0.1, -0.05) is 18.2 Å². The Labute approximate surface area is 297 Å². The molecule has 3 aliphatic heterocycles. The standard InChI is InChI=1S/C41H44F2N6O2/c1-46-25-32(22-45-46)35-18-30-5-3-15-49(38(30)21-36(35)41(42)43)39-19-31(17-29-11-13-44-23-37(29)39)28-12-16-48(40(50)20-28)33-6-4-14-47(26-33)24-27-7-9-34(51-2)10-8-27/h7-10,12,16-22,25,33,41,44H,3-6,11,13-15,23-24,26H2,1-2H3. The lowest BCUT2D eigenvalue weighted by atomic mass is 9.90. The molecule has 51 heavy (non-hydrogen) atoms. The van der Waals surface area contributed by atoms with E-state index in [1.165, 1.54) is 16.7 Å². The second kappa shape index (κ2) is 14.1. The highest BCUT2D eigenvalue weighted by Crippen LogP contribution is 2.44. The largest absolute Gasteiger partial charge is 0.497 e. The minimum Gasteiger partial charge on any atom is -0.497 e. The highest BCUT2D eigenvalue weighted by atomic mass is 19.3. The molecule has 5 heterocycles. The number of rotatable bonds is 8. The Morgan fingerprint density at radius 2 is 1.80 bits per heavy atom. The van der Waals surface area contributed by atoms with Crippen molar-refractivity contribution in [3.05, 3.63) is 117 Å². The van der Waals surface area contributed by atoms with E-state index in [-0.39, 0.29) is 17.2 Å². The number of ether oxygens (including phenoxy) is 1. The summed E-state index contributed by atoms with van der Waals surface area (Å²) in [6.45, 7) is 4.97. The Kier molecular flexibility index (Phi) is 9.21. The van der Waals surface area contributed by atoms with E-state index in [0.717, 1.165) is 98.6 Å². The van der Waals surface area contributed by atoms with Crippen LogP contribution in [0.5, 0.6) is 5.75 Å². The molecule has 1 unspecified atom stereocenters. The molecule has 0 spiro atoms. The lowest BCUT2D eigenvalue weighted by molar-refractivity contribution is 0.152. The summed E-state index contributed by atoms with van der Waals surface area (Å²) in [7, 11) is 3.47. The number of pyridine rings is 1. The molecule has 0 bridgehead atoms. The molecular weight excluding hydrogens is 646 g/mol. The fourth-order valence-electron chi connectivity index (χ4n) is 8.24. The average Bonchev–Trinajstić information content (AvgIpc) is 3.59. The van der Waals surface area contributed by atoms with Crippen LogP contribution < -0.4 is 20.5 Å². The van der Waals surface area contributed by atoms with Crippen LogP contribution in [0.1, 0.15) is 59.5 Å². The molecule has 1 fully saturated rings. The van der Waals surface area contributed by atoms with Gasteiger partial charge in [-0.25, -0.2) is 8.78 Å². The van der Waals surface area contributed by atoms with Gasteiger partial charge in [-0.05, 0) is 121 Å². The van der Waals surface area contributed by atoms with Gasteiger partial charge in [0.2, 0.25) is 0 Å². The predicted octanol–water partition coefficient (Wildman–Crippen LogP) is 7.43. The second-order valence-corrected chi connectivity index (χ2v) is 14.1. The van der Waals surface area contributed by atoms with Gasteiger partial charge in [0.05, 0.1) is 13.3 Å². The van der Waals surface area contributed by atoms with Crippen molar-refractivity contribution >= 4 is 11.4 Å². The van der Waals surface area contributed by atoms with Crippen molar-refractivity contribution in [1.82, 2.24) is 24.6 Å². The van der Waals surface area contributed by atoms with Crippen molar-refractivity contribution in [2.24, 2.45) is 7.05 Å². The molecule has 5 aromatic rings. The number of nitrogens with zero attached hydrogens (tertiary/aromatic N) is 5. The molecule has 2 aromatic heterocycles. The van der Waals surface area contributed by atoms with E-state index in [2.05, 4.69) is 50.5 Å². The molecule has 1 N–H and O–H groups in total. The van der Waals surface area contributed by atoms with Crippen molar-refractivity contribution in [2.75, 3.05) is 38.2 Å². The van der Waals surface area contributed by atoms with E-state index in [1.54, 1.807) is 43.4 Å². The molecule has 264 valence electrons.